The minimum Gasteiger partial charge on any atom is -0.482 e. The molecular formula is C14H18ClN3O3. The molecule has 0 aliphatic carbocycles. The van der Waals surface area contributed by atoms with Gasteiger partial charge in [-0.2, -0.15) is 0 Å². The van der Waals surface area contributed by atoms with Crippen molar-refractivity contribution >= 4 is 34.8 Å². The standard InChI is InChI=1S/C14H18ClN3O3/c1-3-14(2,7-16)13(20)18-9-5-11-10(4-8(9)15)17-12(19)6-21-11/h4-5H,3,6-7,16H2,1-2H3,(H,17,19)(H,18,20). The van der Waals surface area contributed by atoms with Gasteiger partial charge in [-0.05, 0) is 19.4 Å². The average molecular weight is 312 g/mol. The lowest BCUT2D eigenvalue weighted by Crippen LogP contribution is -2.39. The fourth-order valence-corrected chi connectivity index (χ4v) is 2.08. The molecule has 1 unspecified atom stereocenters. The Morgan fingerprint density at radius 2 is 2.29 bits per heavy atom. The van der Waals surface area contributed by atoms with Crippen molar-refractivity contribution in [2.75, 3.05) is 23.8 Å². The molecule has 0 spiro atoms. The lowest BCUT2D eigenvalue weighted by molar-refractivity contribution is -0.124. The fraction of sp³-hybridized carbons (Fsp3) is 0.429. The minimum absolute atomic E-state index is 0.0580. The topological polar surface area (TPSA) is 93.5 Å². The zero-order valence-electron chi connectivity index (χ0n) is 12.0. The predicted molar refractivity (Wildman–Crippen MR) is 81.7 cm³/mol. The molecule has 1 aliphatic heterocycles. The summed E-state index contributed by atoms with van der Waals surface area (Å²) < 4.78 is 5.30. The van der Waals surface area contributed by atoms with Gasteiger partial charge in [-0.3, -0.25) is 9.59 Å². The Hall–Kier alpha value is -1.79. The Morgan fingerprint density at radius 1 is 1.57 bits per heavy atom. The van der Waals surface area contributed by atoms with E-state index in [2.05, 4.69) is 10.6 Å². The first kappa shape index (κ1) is 15.6. The van der Waals surface area contributed by atoms with Crippen LogP contribution in [0, 0.1) is 5.41 Å². The molecule has 1 aromatic carbocycles. The molecule has 1 atom stereocenters. The predicted octanol–water partition coefficient (Wildman–Crippen LogP) is 1.98. The van der Waals surface area contributed by atoms with E-state index in [1.165, 1.54) is 0 Å². The van der Waals surface area contributed by atoms with Crippen LogP contribution in [-0.4, -0.2) is 25.0 Å². The molecule has 0 aromatic heterocycles. The van der Waals surface area contributed by atoms with Crippen molar-refractivity contribution in [3.63, 3.8) is 0 Å². The number of carbonyl (C=O) groups excluding carboxylic acids is 2. The normalized spacial score (nSPS) is 16.3. The number of hydrogen-bond donors (Lipinski definition) is 3. The zero-order chi connectivity index (χ0) is 15.6. The van der Waals surface area contributed by atoms with Crippen molar-refractivity contribution in [1.29, 1.82) is 0 Å². The summed E-state index contributed by atoms with van der Waals surface area (Å²) in [6.45, 7) is 3.88. The van der Waals surface area contributed by atoms with E-state index in [4.69, 9.17) is 22.1 Å². The van der Waals surface area contributed by atoms with Crippen LogP contribution in [0.25, 0.3) is 0 Å². The Balaban J connectivity index is 2.25. The van der Waals surface area contributed by atoms with Crippen LogP contribution in [0.15, 0.2) is 12.1 Å². The average Bonchev–Trinajstić information content (AvgIpc) is 2.47. The summed E-state index contributed by atoms with van der Waals surface area (Å²) >= 11 is 6.14. The fourth-order valence-electron chi connectivity index (χ4n) is 1.87. The molecule has 1 heterocycles. The number of hydrogen-bond acceptors (Lipinski definition) is 4. The summed E-state index contributed by atoms with van der Waals surface area (Å²) in [4.78, 5) is 23.6. The zero-order valence-corrected chi connectivity index (χ0v) is 12.7. The molecule has 0 saturated carbocycles. The molecule has 114 valence electrons. The Labute approximate surface area is 128 Å². The van der Waals surface area contributed by atoms with Crippen molar-refractivity contribution in [1.82, 2.24) is 0 Å². The Kier molecular flexibility index (Phi) is 4.39. The minimum atomic E-state index is -0.658. The molecule has 0 radical (unpaired) electrons. The van der Waals surface area contributed by atoms with Gasteiger partial charge < -0.3 is 21.1 Å². The summed E-state index contributed by atoms with van der Waals surface area (Å²) in [5.41, 5.74) is 5.94. The van der Waals surface area contributed by atoms with Gasteiger partial charge in [0, 0.05) is 12.6 Å². The molecule has 0 fully saturated rings. The SMILES string of the molecule is CCC(C)(CN)C(=O)Nc1cc2c(cc1Cl)NC(=O)CO2. The van der Waals surface area contributed by atoms with Crippen LogP contribution < -0.4 is 21.1 Å². The third-order valence-electron chi connectivity index (χ3n) is 3.73. The highest BCUT2D eigenvalue weighted by Gasteiger charge is 2.30. The highest BCUT2D eigenvalue weighted by molar-refractivity contribution is 6.34. The van der Waals surface area contributed by atoms with E-state index >= 15 is 0 Å². The van der Waals surface area contributed by atoms with Gasteiger partial charge in [0.1, 0.15) is 5.75 Å². The molecule has 1 aliphatic rings. The summed E-state index contributed by atoms with van der Waals surface area (Å²) in [5.74, 6) is 0.0338. The van der Waals surface area contributed by atoms with Crippen LogP contribution in [0.2, 0.25) is 5.02 Å². The number of anilines is 2. The highest BCUT2D eigenvalue weighted by atomic mass is 35.5. The molecule has 7 heteroatoms. The third-order valence-corrected chi connectivity index (χ3v) is 4.04. The maximum atomic E-state index is 12.3. The smallest absolute Gasteiger partial charge is 0.262 e. The number of amides is 2. The molecular weight excluding hydrogens is 294 g/mol. The summed E-state index contributed by atoms with van der Waals surface area (Å²) in [6, 6.07) is 3.15. The molecule has 1 aromatic rings. The van der Waals surface area contributed by atoms with Gasteiger partial charge in [0.25, 0.3) is 5.91 Å². The van der Waals surface area contributed by atoms with Crippen molar-refractivity contribution in [2.45, 2.75) is 20.3 Å². The van der Waals surface area contributed by atoms with Crippen molar-refractivity contribution < 1.29 is 14.3 Å². The van der Waals surface area contributed by atoms with Crippen LogP contribution in [-0.2, 0) is 9.59 Å². The van der Waals surface area contributed by atoms with E-state index in [1.54, 1.807) is 19.1 Å². The highest BCUT2D eigenvalue weighted by Crippen LogP contribution is 2.37. The molecule has 2 amide bonds. The second-order valence-corrected chi connectivity index (χ2v) is 5.64. The van der Waals surface area contributed by atoms with Crippen LogP contribution in [0.4, 0.5) is 11.4 Å². The van der Waals surface area contributed by atoms with Gasteiger partial charge in [-0.15, -0.1) is 0 Å². The van der Waals surface area contributed by atoms with E-state index in [0.29, 0.717) is 28.6 Å². The first-order valence-electron chi connectivity index (χ1n) is 6.67. The van der Waals surface area contributed by atoms with Gasteiger partial charge in [-0.25, -0.2) is 0 Å². The van der Waals surface area contributed by atoms with Crippen molar-refractivity contribution in [3.8, 4) is 5.75 Å². The van der Waals surface area contributed by atoms with Crippen molar-refractivity contribution in [3.05, 3.63) is 17.2 Å². The maximum Gasteiger partial charge on any atom is 0.262 e. The number of benzene rings is 1. The van der Waals surface area contributed by atoms with Gasteiger partial charge >= 0.3 is 0 Å². The summed E-state index contributed by atoms with van der Waals surface area (Å²) in [6.07, 6.45) is 0.616. The molecule has 21 heavy (non-hydrogen) atoms. The summed E-state index contributed by atoms with van der Waals surface area (Å²) in [7, 11) is 0. The van der Waals surface area contributed by atoms with Gasteiger partial charge in [-0.1, -0.05) is 18.5 Å². The van der Waals surface area contributed by atoms with E-state index in [9.17, 15) is 9.59 Å². The second-order valence-electron chi connectivity index (χ2n) is 5.24. The number of fused-ring (bicyclic) bond motifs is 1. The largest absolute Gasteiger partial charge is 0.482 e. The Morgan fingerprint density at radius 3 is 2.90 bits per heavy atom. The van der Waals surface area contributed by atoms with E-state index < -0.39 is 5.41 Å². The van der Waals surface area contributed by atoms with Crippen molar-refractivity contribution in [2.24, 2.45) is 11.1 Å². The first-order chi connectivity index (χ1) is 9.89. The third kappa shape index (κ3) is 3.11. The number of nitrogens with two attached hydrogens (primary N) is 1. The number of nitrogens with one attached hydrogen (secondary N) is 2. The van der Waals surface area contributed by atoms with Gasteiger partial charge in [0.15, 0.2) is 6.61 Å². The summed E-state index contributed by atoms with van der Waals surface area (Å²) in [5, 5.41) is 5.75. The molecule has 4 N–H and O–H groups in total. The lowest BCUT2D eigenvalue weighted by Gasteiger charge is -2.26. The number of rotatable bonds is 4. The van der Waals surface area contributed by atoms with Gasteiger partial charge in [0.2, 0.25) is 5.91 Å². The lowest BCUT2D eigenvalue weighted by atomic mass is 9.86. The van der Waals surface area contributed by atoms with E-state index in [1.807, 2.05) is 6.92 Å². The second kappa shape index (κ2) is 5.91. The van der Waals surface area contributed by atoms with Crippen LogP contribution in [0.5, 0.6) is 5.75 Å². The number of ether oxygens (including phenoxy) is 1. The molecule has 2 rings (SSSR count). The molecule has 0 saturated heterocycles. The molecule has 6 nitrogen and oxygen atoms in total. The van der Waals surface area contributed by atoms with Crippen LogP contribution in [0.3, 0.4) is 0 Å². The van der Waals surface area contributed by atoms with Crippen LogP contribution >= 0.6 is 11.6 Å². The van der Waals surface area contributed by atoms with Crippen LogP contribution in [0.1, 0.15) is 20.3 Å². The van der Waals surface area contributed by atoms with Gasteiger partial charge in [0.05, 0.1) is 21.8 Å². The quantitative estimate of drug-likeness (QED) is 0.792. The molecule has 0 bridgehead atoms. The van der Waals surface area contributed by atoms with E-state index in [0.717, 1.165) is 0 Å². The first-order valence-corrected chi connectivity index (χ1v) is 7.05. The Bertz CT molecular complexity index is 585. The van der Waals surface area contributed by atoms with E-state index in [-0.39, 0.29) is 25.0 Å². The maximum absolute atomic E-state index is 12.3. The monoisotopic (exact) mass is 311 g/mol. The number of carbonyl (C=O) groups is 2. The number of halogens is 1.